The van der Waals surface area contributed by atoms with E-state index in [1.807, 2.05) is 0 Å². The van der Waals surface area contributed by atoms with Gasteiger partial charge in [0.25, 0.3) is 11.8 Å². The van der Waals surface area contributed by atoms with Crippen molar-refractivity contribution < 1.29 is 49.0 Å². The van der Waals surface area contributed by atoms with E-state index in [-0.39, 0.29) is 0 Å². The van der Waals surface area contributed by atoms with Crippen molar-refractivity contribution in [3.8, 4) is 11.8 Å². The Kier molecular flexibility index (Phi) is 7.09. The van der Waals surface area contributed by atoms with Gasteiger partial charge in [-0.05, 0) is 51.4 Å². The Morgan fingerprint density at radius 3 is 1.25 bits per heavy atom. The minimum absolute atomic E-state index is 0.339. The first-order valence-electron chi connectivity index (χ1n) is 10.4. The first-order chi connectivity index (χ1) is 14.9. The molecule has 0 saturated heterocycles. The standard InChI is InChI=1S/C20H22F9NO2/c21-14-13(18(23,19(24,25)26)20(27,28)29)15(22)17(32-12-9-5-2-6-10-12)30-16(14)31-11-7-3-1-4-8-11/h11-12H,1-10H2. The highest BCUT2D eigenvalue weighted by Gasteiger charge is 2.76. The lowest BCUT2D eigenvalue weighted by Gasteiger charge is -2.32. The molecule has 0 N–H and O–H groups in total. The molecule has 0 aromatic carbocycles. The summed E-state index contributed by atoms with van der Waals surface area (Å²) in [6, 6.07) is 0. The summed E-state index contributed by atoms with van der Waals surface area (Å²) >= 11 is 0. The van der Waals surface area contributed by atoms with E-state index in [1.54, 1.807) is 0 Å². The Morgan fingerprint density at radius 2 is 0.938 bits per heavy atom. The maximum Gasteiger partial charge on any atom is 0.436 e. The quantitative estimate of drug-likeness (QED) is 0.423. The lowest BCUT2D eigenvalue weighted by Crippen LogP contribution is -2.51. The molecule has 0 aliphatic heterocycles. The zero-order valence-corrected chi connectivity index (χ0v) is 16.9. The number of hydrogen-bond acceptors (Lipinski definition) is 3. The molecule has 3 rings (SSSR count). The van der Waals surface area contributed by atoms with Gasteiger partial charge in [0, 0.05) is 0 Å². The van der Waals surface area contributed by atoms with E-state index in [9.17, 15) is 39.5 Å². The second kappa shape index (κ2) is 9.17. The second-order valence-corrected chi connectivity index (χ2v) is 8.13. The highest BCUT2D eigenvalue weighted by Crippen LogP contribution is 2.56. The molecule has 0 atom stereocenters. The molecule has 182 valence electrons. The zero-order chi connectivity index (χ0) is 23.7. The molecule has 2 fully saturated rings. The van der Waals surface area contributed by atoms with E-state index < -0.39 is 59.2 Å². The molecule has 12 heteroatoms. The van der Waals surface area contributed by atoms with Crippen LogP contribution in [-0.2, 0) is 5.67 Å². The molecule has 1 aromatic heterocycles. The summed E-state index contributed by atoms with van der Waals surface area (Å²) in [6.45, 7) is 0. The van der Waals surface area contributed by atoms with Crippen molar-refractivity contribution in [1.29, 1.82) is 0 Å². The number of halogens is 9. The monoisotopic (exact) mass is 479 g/mol. The van der Waals surface area contributed by atoms with Gasteiger partial charge in [-0.1, -0.05) is 12.8 Å². The van der Waals surface area contributed by atoms with Crippen molar-refractivity contribution in [3.63, 3.8) is 0 Å². The van der Waals surface area contributed by atoms with Crippen LogP contribution in [0.15, 0.2) is 0 Å². The third kappa shape index (κ3) is 4.73. The van der Waals surface area contributed by atoms with Crippen molar-refractivity contribution in [2.75, 3.05) is 0 Å². The fraction of sp³-hybridized carbons (Fsp3) is 0.750. The molecular weight excluding hydrogens is 457 g/mol. The molecule has 2 saturated carbocycles. The van der Waals surface area contributed by atoms with Crippen LogP contribution in [0, 0.1) is 11.6 Å². The maximum atomic E-state index is 14.9. The van der Waals surface area contributed by atoms with Gasteiger partial charge in [0.05, 0.1) is 5.56 Å². The molecule has 0 unspecified atom stereocenters. The van der Waals surface area contributed by atoms with Crippen molar-refractivity contribution in [2.24, 2.45) is 0 Å². The highest BCUT2D eigenvalue weighted by molar-refractivity contribution is 5.39. The number of rotatable bonds is 5. The molecule has 0 bridgehead atoms. The molecule has 32 heavy (non-hydrogen) atoms. The van der Waals surface area contributed by atoms with E-state index in [2.05, 4.69) is 4.98 Å². The van der Waals surface area contributed by atoms with E-state index in [1.165, 1.54) is 0 Å². The molecule has 0 radical (unpaired) electrons. The Morgan fingerprint density at radius 1 is 0.594 bits per heavy atom. The van der Waals surface area contributed by atoms with Crippen LogP contribution in [0.3, 0.4) is 0 Å². The summed E-state index contributed by atoms with van der Waals surface area (Å²) < 4.78 is 135. The first kappa shape index (κ1) is 24.8. The molecule has 1 aromatic rings. The molecule has 0 spiro atoms. The summed E-state index contributed by atoms with van der Waals surface area (Å²) in [6.07, 6.45) is -9.45. The lowest BCUT2D eigenvalue weighted by molar-refractivity contribution is -0.350. The van der Waals surface area contributed by atoms with Crippen LogP contribution in [0.2, 0.25) is 0 Å². The van der Waals surface area contributed by atoms with E-state index >= 15 is 0 Å². The van der Waals surface area contributed by atoms with Crippen LogP contribution in [0.25, 0.3) is 0 Å². The number of ether oxygens (including phenoxy) is 2. The number of pyridine rings is 1. The predicted molar refractivity (Wildman–Crippen MR) is 94.1 cm³/mol. The van der Waals surface area contributed by atoms with Crippen LogP contribution >= 0.6 is 0 Å². The smallest absolute Gasteiger partial charge is 0.436 e. The highest BCUT2D eigenvalue weighted by atomic mass is 19.4. The Labute approximate surface area is 178 Å². The van der Waals surface area contributed by atoms with Gasteiger partial charge in [0.2, 0.25) is 0 Å². The fourth-order valence-corrected chi connectivity index (χ4v) is 4.09. The topological polar surface area (TPSA) is 31.4 Å². The molecule has 2 aliphatic carbocycles. The summed E-state index contributed by atoms with van der Waals surface area (Å²) in [5.41, 5.74) is -9.20. The second-order valence-electron chi connectivity index (χ2n) is 8.13. The number of nitrogens with zero attached hydrogens (tertiary/aromatic N) is 1. The van der Waals surface area contributed by atoms with Crippen molar-refractivity contribution in [1.82, 2.24) is 4.98 Å². The Balaban J connectivity index is 2.14. The molecule has 1 heterocycles. The molecule has 2 aliphatic rings. The predicted octanol–water partition coefficient (Wildman–Crippen LogP) is 7.07. The third-order valence-corrected chi connectivity index (χ3v) is 5.80. The molecule has 3 nitrogen and oxygen atoms in total. The van der Waals surface area contributed by atoms with Crippen LogP contribution in [0.5, 0.6) is 11.8 Å². The lowest BCUT2D eigenvalue weighted by atomic mass is 9.93. The Bertz CT molecular complexity index is 739. The van der Waals surface area contributed by atoms with E-state index in [0.29, 0.717) is 51.4 Å². The van der Waals surface area contributed by atoms with Gasteiger partial charge in [-0.25, -0.2) is 13.2 Å². The third-order valence-electron chi connectivity index (χ3n) is 5.80. The summed E-state index contributed by atoms with van der Waals surface area (Å²) in [5.74, 6) is -7.65. The fourth-order valence-electron chi connectivity index (χ4n) is 4.09. The minimum atomic E-state index is -6.71. The van der Waals surface area contributed by atoms with Gasteiger partial charge >= 0.3 is 18.0 Å². The van der Waals surface area contributed by atoms with E-state index in [0.717, 1.165) is 12.8 Å². The maximum absolute atomic E-state index is 14.9. The van der Waals surface area contributed by atoms with Crippen LogP contribution in [0.1, 0.15) is 69.8 Å². The number of hydrogen-bond donors (Lipinski definition) is 0. The Hall–Kier alpha value is -1.88. The average Bonchev–Trinajstić information content (AvgIpc) is 2.71. The van der Waals surface area contributed by atoms with Crippen LogP contribution in [0.4, 0.5) is 39.5 Å². The van der Waals surface area contributed by atoms with Crippen LogP contribution < -0.4 is 9.47 Å². The van der Waals surface area contributed by atoms with Gasteiger partial charge in [0.1, 0.15) is 12.2 Å². The molecular formula is C20H22F9NO2. The number of alkyl halides is 7. The van der Waals surface area contributed by atoms with Crippen molar-refractivity contribution in [2.45, 2.75) is 94.4 Å². The van der Waals surface area contributed by atoms with Gasteiger partial charge in [-0.3, -0.25) is 0 Å². The largest absolute Gasteiger partial charge is 0.472 e. The van der Waals surface area contributed by atoms with Gasteiger partial charge in [0.15, 0.2) is 11.6 Å². The van der Waals surface area contributed by atoms with Gasteiger partial charge < -0.3 is 9.47 Å². The first-order valence-corrected chi connectivity index (χ1v) is 10.4. The summed E-state index contributed by atoms with van der Waals surface area (Å²) in [7, 11) is 0. The average molecular weight is 479 g/mol. The van der Waals surface area contributed by atoms with Gasteiger partial charge in [-0.15, -0.1) is 0 Å². The molecule has 0 amide bonds. The number of aromatic nitrogens is 1. The van der Waals surface area contributed by atoms with Gasteiger partial charge in [-0.2, -0.15) is 31.3 Å². The van der Waals surface area contributed by atoms with Crippen molar-refractivity contribution >= 4 is 0 Å². The minimum Gasteiger partial charge on any atom is -0.472 e. The summed E-state index contributed by atoms with van der Waals surface area (Å²) in [5, 5.41) is 0. The zero-order valence-electron chi connectivity index (χ0n) is 16.9. The SMILES string of the molecule is Fc1c(OC2CCCCC2)nc(OC2CCCCC2)c(F)c1C(F)(C(F)(F)F)C(F)(F)F. The van der Waals surface area contributed by atoms with Crippen LogP contribution in [-0.4, -0.2) is 29.5 Å². The summed E-state index contributed by atoms with van der Waals surface area (Å²) in [4.78, 5) is 3.40. The van der Waals surface area contributed by atoms with E-state index in [4.69, 9.17) is 9.47 Å². The van der Waals surface area contributed by atoms with Crippen molar-refractivity contribution in [3.05, 3.63) is 17.2 Å². The normalized spacial score (nSPS) is 19.8.